The number of benzene rings is 3. The van der Waals surface area contributed by atoms with E-state index < -0.39 is 0 Å². The molecule has 0 saturated heterocycles. The van der Waals surface area contributed by atoms with Crippen molar-refractivity contribution in [2.75, 3.05) is 13.9 Å². The number of rotatable bonds is 3. The zero-order valence-electron chi connectivity index (χ0n) is 16.7. The Balaban J connectivity index is 1.42. The second-order valence-electron chi connectivity index (χ2n) is 7.64. The second-order valence-corrected chi connectivity index (χ2v) is 8.56. The highest BCUT2D eigenvalue weighted by Crippen LogP contribution is 2.48. The zero-order chi connectivity index (χ0) is 20.9. The molecule has 3 aromatic rings. The Morgan fingerprint density at radius 2 is 1.77 bits per heavy atom. The summed E-state index contributed by atoms with van der Waals surface area (Å²) in [6.07, 6.45) is 0.454. The van der Waals surface area contributed by atoms with Gasteiger partial charge in [-0.05, 0) is 60.7 Å². The van der Waals surface area contributed by atoms with Crippen LogP contribution >= 0.6 is 15.9 Å². The minimum absolute atomic E-state index is 0.0776. The van der Waals surface area contributed by atoms with Gasteiger partial charge in [0, 0.05) is 27.6 Å². The Morgan fingerprint density at radius 1 is 0.968 bits per heavy atom. The summed E-state index contributed by atoms with van der Waals surface area (Å²) in [6.45, 7) is 0.259. The molecule has 3 heterocycles. The van der Waals surface area contributed by atoms with E-state index in [1.807, 2.05) is 54.6 Å². The van der Waals surface area contributed by atoms with Gasteiger partial charge in [0.25, 0.3) is 0 Å². The van der Waals surface area contributed by atoms with Crippen LogP contribution in [0.1, 0.15) is 35.4 Å². The van der Waals surface area contributed by atoms with Crippen molar-refractivity contribution in [3.63, 3.8) is 0 Å². The molecule has 3 aliphatic rings. The minimum Gasteiger partial charge on any atom is -0.497 e. The number of hydrogen-bond donors (Lipinski definition) is 0. The highest BCUT2D eigenvalue weighted by molar-refractivity contribution is 9.10. The van der Waals surface area contributed by atoms with Gasteiger partial charge in [0.15, 0.2) is 11.5 Å². The first-order valence-electron chi connectivity index (χ1n) is 10.1. The van der Waals surface area contributed by atoms with Crippen LogP contribution in [0, 0.1) is 0 Å². The number of nitrogens with zero attached hydrogens (tertiary/aromatic N) is 2. The first kappa shape index (κ1) is 18.6. The second kappa shape index (κ2) is 7.20. The Kier molecular flexibility index (Phi) is 4.31. The molecule has 0 bridgehead atoms. The fraction of sp³-hybridized carbons (Fsp3) is 0.208. The number of hydrazone groups is 1. The lowest BCUT2D eigenvalue weighted by molar-refractivity contribution is -0.0191. The van der Waals surface area contributed by atoms with E-state index in [4.69, 9.17) is 24.0 Å². The van der Waals surface area contributed by atoms with Gasteiger partial charge in [-0.1, -0.05) is 15.9 Å². The lowest BCUT2D eigenvalue weighted by Gasteiger charge is -2.38. The van der Waals surface area contributed by atoms with Gasteiger partial charge in [0.05, 0.1) is 18.9 Å². The average Bonchev–Trinajstić information content (AvgIpc) is 3.45. The van der Waals surface area contributed by atoms with Crippen LogP contribution in [0.3, 0.4) is 0 Å². The van der Waals surface area contributed by atoms with Crippen LogP contribution in [0.5, 0.6) is 23.0 Å². The number of ether oxygens (including phenoxy) is 4. The van der Waals surface area contributed by atoms with Gasteiger partial charge >= 0.3 is 0 Å². The monoisotopic (exact) mass is 478 g/mol. The van der Waals surface area contributed by atoms with Crippen molar-refractivity contribution >= 4 is 21.6 Å². The van der Waals surface area contributed by atoms with Crippen molar-refractivity contribution in [2.45, 2.75) is 18.7 Å². The third-order valence-electron chi connectivity index (χ3n) is 5.86. The minimum atomic E-state index is -0.323. The number of methoxy groups -OCH3 is 1. The molecule has 0 radical (unpaired) electrons. The molecule has 0 aliphatic carbocycles. The molecule has 0 saturated carbocycles. The molecule has 3 aromatic carbocycles. The van der Waals surface area contributed by atoms with Crippen LogP contribution < -0.4 is 18.9 Å². The normalized spacial score (nSPS) is 20.6. The first-order chi connectivity index (χ1) is 15.2. The van der Waals surface area contributed by atoms with Gasteiger partial charge in [-0.3, -0.25) is 0 Å². The summed E-state index contributed by atoms with van der Waals surface area (Å²) in [5.41, 5.74) is 4.18. The van der Waals surface area contributed by atoms with E-state index >= 15 is 0 Å². The Hall–Kier alpha value is -3.19. The summed E-state index contributed by atoms with van der Waals surface area (Å²) in [6, 6.07) is 20.2. The van der Waals surface area contributed by atoms with Gasteiger partial charge in [0.1, 0.15) is 11.5 Å². The zero-order valence-corrected chi connectivity index (χ0v) is 18.3. The van der Waals surface area contributed by atoms with Crippen LogP contribution in [-0.2, 0) is 0 Å². The molecule has 0 spiro atoms. The lowest BCUT2D eigenvalue weighted by Crippen LogP contribution is -2.33. The first-order valence-corrected chi connectivity index (χ1v) is 10.8. The fourth-order valence-corrected chi connectivity index (χ4v) is 4.68. The molecule has 3 aliphatic heterocycles. The van der Waals surface area contributed by atoms with Gasteiger partial charge in [0.2, 0.25) is 13.0 Å². The smallest absolute Gasteiger partial charge is 0.231 e. The number of fused-ring (bicyclic) bond motifs is 4. The predicted octanol–water partition coefficient (Wildman–Crippen LogP) is 5.43. The molecule has 7 heteroatoms. The largest absolute Gasteiger partial charge is 0.497 e. The maximum atomic E-state index is 6.43. The van der Waals surface area contributed by atoms with Gasteiger partial charge in [-0.15, -0.1) is 0 Å². The van der Waals surface area contributed by atoms with Crippen molar-refractivity contribution in [3.05, 3.63) is 81.8 Å². The number of halogens is 1. The molecule has 31 heavy (non-hydrogen) atoms. The predicted molar refractivity (Wildman–Crippen MR) is 119 cm³/mol. The summed E-state index contributed by atoms with van der Waals surface area (Å²) in [4.78, 5) is 0. The Bertz CT molecular complexity index is 1190. The highest BCUT2D eigenvalue weighted by Gasteiger charge is 2.41. The van der Waals surface area contributed by atoms with Crippen LogP contribution in [0.25, 0.3) is 0 Å². The van der Waals surface area contributed by atoms with Crippen molar-refractivity contribution < 1.29 is 18.9 Å². The van der Waals surface area contributed by atoms with Crippen LogP contribution in [0.4, 0.5) is 0 Å². The molecule has 2 atom stereocenters. The molecule has 0 N–H and O–H groups in total. The van der Waals surface area contributed by atoms with Crippen LogP contribution in [0.15, 0.2) is 70.2 Å². The van der Waals surface area contributed by atoms with Gasteiger partial charge in [-0.25, -0.2) is 5.01 Å². The van der Waals surface area contributed by atoms with E-state index in [2.05, 4.69) is 27.0 Å². The van der Waals surface area contributed by atoms with Crippen molar-refractivity contribution in [2.24, 2.45) is 5.10 Å². The van der Waals surface area contributed by atoms with Crippen LogP contribution in [-0.4, -0.2) is 24.6 Å². The van der Waals surface area contributed by atoms with E-state index in [-0.39, 0.29) is 19.1 Å². The fourth-order valence-electron chi connectivity index (χ4n) is 4.30. The summed E-state index contributed by atoms with van der Waals surface area (Å²) in [5, 5.41) is 7.08. The van der Waals surface area contributed by atoms with E-state index in [9.17, 15) is 0 Å². The molecule has 0 fully saturated rings. The topological polar surface area (TPSA) is 52.5 Å². The van der Waals surface area contributed by atoms with E-state index in [1.165, 1.54) is 0 Å². The molecule has 0 amide bonds. The van der Waals surface area contributed by atoms with E-state index in [0.717, 1.165) is 56.3 Å². The SMILES string of the molecule is COc1ccc([C@@H]2Oc3ccc(Br)cc3[C@H]3CC(c4ccc5c(c4)OCO5)=NN32)cc1. The molecule has 6 nitrogen and oxygen atoms in total. The Morgan fingerprint density at radius 3 is 2.61 bits per heavy atom. The maximum Gasteiger partial charge on any atom is 0.231 e. The molecule has 156 valence electrons. The molecule has 0 aromatic heterocycles. The summed E-state index contributed by atoms with van der Waals surface area (Å²) >= 11 is 3.60. The highest BCUT2D eigenvalue weighted by atomic mass is 79.9. The standard InChI is InChI=1S/C24H19BrN2O4/c1-28-17-6-2-14(3-7-17)24-27-20(18-11-16(25)5-9-21(18)31-24)12-19(26-27)15-4-8-22-23(10-15)30-13-29-22/h2-11,20,24H,12-13H2,1H3/t20-,24+/m1/s1. The van der Waals surface area contributed by atoms with Crippen molar-refractivity contribution in [1.29, 1.82) is 0 Å². The van der Waals surface area contributed by atoms with Crippen molar-refractivity contribution in [3.8, 4) is 23.0 Å². The van der Waals surface area contributed by atoms with Crippen LogP contribution in [0.2, 0.25) is 0 Å². The van der Waals surface area contributed by atoms with Gasteiger partial charge in [-0.2, -0.15) is 5.10 Å². The van der Waals surface area contributed by atoms with E-state index in [1.54, 1.807) is 7.11 Å². The molecular weight excluding hydrogens is 460 g/mol. The third kappa shape index (κ3) is 3.11. The van der Waals surface area contributed by atoms with Gasteiger partial charge < -0.3 is 18.9 Å². The maximum absolute atomic E-state index is 6.43. The average molecular weight is 479 g/mol. The quantitative estimate of drug-likeness (QED) is 0.502. The lowest BCUT2D eigenvalue weighted by atomic mass is 9.96. The molecular formula is C24H19BrN2O4. The van der Waals surface area contributed by atoms with Crippen molar-refractivity contribution in [1.82, 2.24) is 5.01 Å². The van der Waals surface area contributed by atoms with E-state index in [0.29, 0.717) is 0 Å². The summed E-state index contributed by atoms with van der Waals surface area (Å²) in [5.74, 6) is 3.23. The Labute approximate surface area is 188 Å². The summed E-state index contributed by atoms with van der Waals surface area (Å²) < 4.78 is 23.8. The molecule has 6 rings (SSSR count). The third-order valence-corrected chi connectivity index (χ3v) is 6.35. The number of hydrogen-bond acceptors (Lipinski definition) is 6. The molecule has 0 unspecified atom stereocenters. The summed E-state index contributed by atoms with van der Waals surface area (Å²) in [7, 11) is 1.67.